The Morgan fingerprint density at radius 3 is 2.69 bits per heavy atom. The maximum Gasteiger partial charge on any atom is 0.225 e. The third-order valence-electron chi connectivity index (χ3n) is 5.19. The third-order valence-corrected chi connectivity index (χ3v) is 6.16. The molecule has 1 N–H and O–H groups in total. The molecule has 2 heterocycles. The van der Waals surface area contributed by atoms with E-state index in [2.05, 4.69) is 37.4 Å². The number of benzene rings is 2. The molecule has 0 spiro atoms. The first-order chi connectivity index (χ1) is 14.0. The molecular weight excluding hydrogens is 382 g/mol. The molecule has 1 amide bonds. The number of hydrogen-bond acceptors (Lipinski definition) is 4. The Morgan fingerprint density at radius 1 is 1.17 bits per heavy atom. The van der Waals surface area contributed by atoms with Crippen LogP contribution in [-0.2, 0) is 22.7 Å². The number of amides is 1. The minimum absolute atomic E-state index is 0.00596. The van der Waals surface area contributed by atoms with Crippen molar-refractivity contribution < 1.29 is 9.53 Å². The number of fused-ring (bicyclic) bond motifs is 1. The van der Waals surface area contributed by atoms with Crippen molar-refractivity contribution >= 4 is 23.5 Å². The van der Waals surface area contributed by atoms with Gasteiger partial charge in [0, 0.05) is 23.5 Å². The maximum absolute atomic E-state index is 12.7. The van der Waals surface area contributed by atoms with Crippen molar-refractivity contribution in [3.8, 4) is 11.4 Å². The number of aromatic nitrogens is 2. The van der Waals surface area contributed by atoms with E-state index in [1.165, 1.54) is 5.56 Å². The van der Waals surface area contributed by atoms with Crippen LogP contribution in [0.15, 0.2) is 42.5 Å². The van der Waals surface area contributed by atoms with Gasteiger partial charge in [0.2, 0.25) is 5.91 Å². The molecule has 1 aliphatic rings. The lowest BCUT2D eigenvalue weighted by atomic mass is 10.1. The average molecular weight is 408 g/mol. The molecule has 1 aliphatic heterocycles. The Balaban J connectivity index is 1.53. The molecule has 0 saturated carbocycles. The summed E-state index contributed by atoms with van der Waals surface area (Å²) in [6, 6.07) is 14.2. The number of hydrogen-bond donors (Lipinski definition) is 1. The SMILES string of the molecule is COc1ccc(CCC(=O)Nc2c3c(nn2-c2ccc(C)cc2C)CSC3)cc1. The molecule has 0 radical (unpaired) electrons. The molecule has 0 aliphatic carbocycles. The number of aryl methyl sites for hydroxylation is 3. The van der Waals surface area contributed by atoms with Crippen LogP contribution in [0.2, 0.25) is 0 Å². The molecule has 150 valence electrons. The topological polar surface area (TPSA) is 56.1 Å². The van der Waals surface area contributed by atoms with Crippen molar-refractivity contribution in [1.29, 1.82) is 0 Å². The van der Waals surface area contributed by atoms with Gasteiger partial charge >= 0.3 is 0 Å². The van der Waals surface area contributed by atoms with Gasteiger partial charge in [-0.15, -0.1) is 0 Å². The number of nitrogens with zero attached hydrogens (tertiary/aromatic N) is 2. The summed E-state index contributed by atoms with van der Waals surface area (Å²) >= 11 is 1.84. The molecule has 1 aromatic heterocycles. The van der Waals surface area contributed by atoms with Crippen LogP contribution in [0.5, 0.6) is 5.75 Å². The zero-order valence-corrected chi connectivity index (χ0v) is 17.8. The van der Waals surface area contributed by atoms with Crippen molar-refractivity contribution in [3.05, 3.63) is 70.4 Å². The highest BCUT2D eigenvalue weighted by Crippen LogP contribution is 2.36. The number of thioether (sulfide) groups is 1. The van der Waals surface area contributed by atoms with Crippen molar-refractivity contribution in [1.82, 2.24) is 9.78 Å². The van der Waals surface area contributed by atoms with E-state index in [1.807, 2.05) is 40.7 Å². The summed E-state index contributed by atoms with van der Waals surface area (Å²) in [6.07, 6.45) is 1.11. The van der Waals surface area contributed by atoms with Gasteiger partial charge in [-0.2, -0.15) is 16.9 Å². The van der Waals surface area contributed by atoms with Crippen LogP contribution in [0.25, 0.3) is 5.69 Å². The predicted octanol–water partition coefficient (Wildman–Crippen LogP) is 4.82. The smallest absolute Gasteiger partial charge is 0.225 e. The fourth-order valence-corrected chi connectivity index (χ4v) is 4.64. The number of carbonyl (C=O) groups excluding carboxylic acids is 1. The van der Waals surface area contributed by atoms with Crippen LogP contribution in [0, 0.1) is 13.8 Å². The van der Waals surface area contributed by atoms with E-state index in [0.29, 0.717) is 12.8 Å². The van der Waals surface area contributed by atoms with E-state index < -0.39 is 0 Å². The summed E-state index contributed by atoms with van der Waals surface area (Å²) in [5.74, 6) is 3.42. The molecule has 3 aromatic rings. The minimum atomic E-state index is 0.00596. The lowest BCUT2D eigenvalue weighted by molar-refractivity contribution is -0.116. The standard InChI is InChI=1S/C23H25N3O2S/c1-15-4-10-21(16(2)12-15)26-23(19-13-29-14-20(19)25-26)24-22(27)11-7-17-5-8-18(28-3)9-6-17/h4-6,8-10,12H,7,11,13-14H2,1-3H3,(H,24,27). The second kappa shape index (κ2) is 8.33. The van der Waals surface area contributed by atoms with E-state index in [-0.39, 0.29) is 5.91 Å². The molecule has 0 bridgehead atoms. The van der Waals surface area contributed by atoms with E-state index in [4.69, 9.17) is 9.84 Å². The fourth-order valence-electron chi connectivity index (χ4n) is 3.60. The highest BCUT2D eigenvalue weighted by Gasteiger charge is 2.25. The number of anilines is 1. The van der Waals surface area contributed by atoms with Crippen LogP contribution < -0.4 is 10.1 Å². The predicted molar refractivity (Wildman–Crippen MR) is 118 cm³/mol. The van der Waals surface area contributed by atoms with Crippen molar-refractivity contribution in [2.45, 2.75) is 38.2 Å². The quantitative estimate of drug-likeness (QED) is 0.637. The Hall–Kier alpha value is -2.73. The van der Waals surface area contributed by atoms with Gasteiger partial charge < -0.3 is 10.1 Å². The minimum Gasteiger partial charge on any atom is -0.497 e. The number of ether oxygens (including phenoxy) is 1. The van der Waals surface area contributed by atoms with Crippen molar-refractivity contribution in [2.24, 2.45) is 0 Å². The molecule has 6 heteroatoms. The summed E-state index contributed by atoms with van der Waals surface area (Å²) in [5, 5.41) is 7.96. The lowest BCUT2D eigenvalue weighted by Gasteiger charge is -2.13. The first kappa shape index (κ1) is 19.6. The molecule has 0 atom stereocenters. The number of methoxy groups -OCH3 is 1. The third kappa shape index (κ3) is 4.17. The van der Waals surface area contributed by atoms with E-state index >= 15 is 0 Å². The number of rotatable bonds is 6. The first-order valence-corrected chi connectivity index (χ1v) is 10.9. The van der Waals surface area contributed by atoms with Gasteiger partial charge in [-0.05, 0) is 49.6 Å². The van der Waals surface area contributed by atoms with Gasteiger partial charge in [0.1, 0.15) is 11.6 Å². The lowest BCUT2D eigenvalue weighted by Crippen LogP contribution is -2.17. The highest BCUT2D eigenvalue weighted by atomic mass is 32.2. The summed E-state index contributed by atoms with van der Waals surface area (Å²) < 4.78 is 7.10. The largest absolute Gasteiger partial charge is 0.497 e. The van der Waals surface area contributed by atoms with Crippen LogP contribution in [0.1, 0.15) is 34.4 Å². The maximum atomic E-state index is 12.7. The van der Waals surface area contributed by atoms with Gasteiger partial charge in [0.15, 0.2) is 0 Å². The molecule has 2 aromatic carbocycles. The Labute approximate surface area is 175 Å². The normalized spacial score (nSPS) is 12.7. The van der Waals surface area contributed by atoms with Gasteiger partial charge in [-0.3, -0.25) is 4.79 Å². The van der Waals surface area contributed by atoms with Crippen LogP contribution in [0.4, 0.5) is 5.82 Å². The summed E-state index contributed by atoms with van der Waals surface area (Å²) in [6.45, 7) is 4.16. The number of carbonyl (C=O) groups is 1. The van der Waals surface area contributed by atoms with E-state index in [9.17, 15) is 4.79 Å². The van der Waals surface area contributed by atoms with Gasteiger partial charge in [0.25, 0.3) is 0 Å². The molecule has 29 heavy (non-hydrogen) atoms. The molecule has 5 nitrogen and oxygen atoms in total. The van der Waals surface area contributed by atoms with Crippen molar-refractivity contribution in [2.75, 3.05) is 12.4 Å². The van der Waals surface area contributed by atoms with Gasteiger partial charge in [0.05, 0.1) is 18.5 Å². The Bertz CT molecular complexity index is 1040. The molecule has 0 unspecified atom stereocenters. The Kier molecular flexibility index (Phi) is 5.62. The zero-order valence-electron chi connectivity index (χ0n) is 17.0. The second-order valence-corrected chi connectivity index (χ2v) is 8.35. The molecule has 0 fully saturated rings. The summed E-state index contributed by atoms with van der Waals surface area (Å²) in [4.78, 5) is 12.7. The number of nitrogens with one attached hydrogen (secondary N) is 1. The van der Waals surface area contributed by atoms with E-state index in [0.717, 1.165) is 51.1 Å². The highest BCUT2D eigenvalue weighted by molar-refractivity contribution is 7.98. The van der Waals surface area contributed by atoms with Gasteiger partial charge in [-0.25, -0.2) is 4.68 Å². The van der Waals surface area contributed by atoms with Gasteiger partial charge in [-0.1, -0.05) is 29.8 Å². The summed E-state index contributed by atoms with van der Waals surface area (Å²) in [7, 11) is 1.65. The summed E-state index contributed by atoms with van der Waals surface area (Å²) in [5.41, 5.74) is 6.71. The molecule has 4 rings (SSSR count). The van der Waals surface area contributed by atoms with Crippen molar-refractivity contribution in [3.63, 3.8) is 0 Å². The zero-order chi connectivity index (χ0) is 20.4. The van der Waals surface area contributed by atoms with E-state index in [1.54, 1.807) is 7.11 Å². The Morgan fingerprint density at radius 2 is 1.97 bits per heavy atom. The average Bonchev–Trinajstić information content (AvgIpc) is 3.29. The van der Waals surface area contributed by atoms with Crippen LogP contribution in [0.3, 0.4) is 0 Å². The van der Waals surface area contributed by atoms with Crippen LogP contribution in [-0.4, -0.2) is 22.8 Å². The second-order valence-electron chi connectivity index (χ2n) is 7.36. The molecule has 0 saturated heterocycles. The first-order valence-electron chi connectivity index (χ1n) is 9.74. The molecular formula is C23H25N3O2S. The fraction of sp³-hybridized carbons (Fsp3) is 0.304. The van der Waals surface area contributed by atoms with Crippen LogP contribution >= 0.6 is 11.8 Å². The monoisotopic (exact) mass is 407 g/mol.